The maximum absolute atomic E-state index is 5.96. The third kappa shape index (κ3) is 5.71. The highest BCUT2D eigenvalue weighted by molar-refractivity contribution is 5.77. The third-order valence-electron chi connectivity index (χ3n) is 4.11. The first-order chi connectivity index (χ1) is 11.2. The van der Waals surface area contributed by atoms with Crippen LogP contribution in [-0.2, 0) is 6.54 Å². The summed E-state index contributed by atoms with van der Waals surface area (Å²) in [4.78, 5) is 11.1. The minimum atomic E-state index is 0.499. The highest BCUT2D eigenvalue weighted by Gasteiger charge is 2.22. The van der Waals surface area contributed by atoms with Crippen LogP contribution >= 0.6 is 0 Å². The molecule has 0 amide bonds. The molecule has 0 spiro atoms. The maximum Gasteiger partial charge on any atom is 0.213 e. The Bertz CT molecular complexity index is 488. The molecule has 1 fully saturated rings. The summed E-state index contributed by atoms with van der Waals surface area (Å²) in [6.07, 6.45) is 5.27. The van der Waals surface area contributed by atoms with Crippen LogP contribution in [0.15, 0.2) is 23.3 Å². The molecule has 1 aromatic rings. The molecule has 0 aromatic carbocycles. The van der Waals surface area contributed by atoms with E-state index in [-0.39, 0.29) is 0 Å². The van der Waals surface area contributed by atoms with Gasteiger partial charge in [0, 0.05) is 24.8 Å². The summed E-state index contributed by atoms with van der Waals surface area (Å²) in [6, 6.07) is 4.43. The van der Waals surface area contributed by atoms with Gasteiger partial charge >= 0.3 is 0 Å². The maximum atomic E-state index is 5.96. The minimum absolute atomic E-state index is 0.499. The van der Waals surface area contributed by atoms with Crippen LogP contribution < -0.4 is 15.8 Å². The lowest BCUT2D eigenvalue weighted by Gasteiger charge is -2.23. The molecular formula is C17H29N5O. The fraction of sp³-hybridized carbons (Fsp3) is 0.647. The van der Waals surface area contributed by atoms with E-state index in [0.29, 0.717) is 31.0 Å². The number of rotatable bonds is 8. The second kappa shape index (κ2) is 9.35. The van der Waals surface area contributed by atoms with Crippen LogP contribution in [0.3, 0.4) is 0 Å². The van der Waals surface area contributed by atoms with E-state index in [1.54, 1.807) is 6.20 Å². The van der Waals surface area contributed by atoms with Crippen LogP contribution in [0.2, 0.25) is 0 Å². The molecule has 1 saturated heterocycles. The quantitative estimate of drug-likeness (QED) is 0.564. The van der Waals surface area contributed by atoms with Crippen LogP contribution in [-0.4, -0.2) is 48.1 Å². The van der Waals surface area contributed by atoms with Crippen LogP contribution in [0.25, 0.3) is 0 Å². The lowest BCUT2D eigenvalue weighted by atomic mass is 10.2. The van der Waals surface area contributed by atoms with Gasteiger partial charge in [-0.2, -0.15) is 0 Å². The van der Waals surface area contributed by atoms with Gasteiger partial charge in [-0.05, 0) is 37.9 Å². The first kappa shape index (κ1) is 17.5. The van der Waals surface area contributed by atoms with Crippen LogP contribution in [0.4, 0.5) is 0 Å². The van der Waals surface area contributed by atoms with Crippen molar-refractivity contribution in [3.05, 3.63) is 23.9 Å². The second-order valence-electron chi connectivity index (χ2n) is 5.86. The summed E-state index contributed by atoms with van der Waals surface area (Å²) < 4.78 is 5.46. The van der Waals surface area contributed by atoms with E-state index in [0.717, 1.165) is 25.1 Å². The molecule has 1 aromatic heterocycles. The Balaban J connectivity index is 1.75. The van der Waals surface area contributed by atoms with Crippen molar-refractivity contribution in [2.75, 3.05) is 26.2 Å². The van der Waals surface area contributed by atoms with Gasteiger partial charge in [0.25, 0.3) is 0 Å². The molecule has 6 nitrogen and oxygen atoms in total. The van der Waals surface area contributed by atoms with Crippen LogP contribution in [0.1, 0.15) is 38.7 Å². The first-order valence-electron chi connectivity index (χ1n) is 8.58. The molecule has 0 radical (unpaired) electrons. The Kier molecular flexibility index (Phi) is 7.13. The van der Waals surface area contributed by atoms with E-state index in [1.807, 2.05) is 12.1 Å². The van der Waals surface area contributed by atoms with Gasteiger partial charge in [-0.3, -0.25) is 4.90 Å². The summed E-state index contributed by atoms with van der Waals surface area (Å²) >= 11 is 0. The summed E-state index contributed by atoms with van der Waals surface area (Å²) in [5.41, 5.74) is 6.98. The van der Waals surface area contributed by atoms with E-state index in [1.165, 1.54) is 19.4 Å². The van der Waals surface area contributed by atoms with Crippen molar-refractivity contribution in [1.82, 2.24) is 15.2 Å². The first-order valence-corrected chi connectivity index (χ1v) is 8.58. The Hall–Kier alpha value is -1.82. The molecule has 0 saturated carbocycles. The predicted octanol–water partition coefficient (Wildman–Crippen LogP) is 1.76. The number of likely N-dealkylation sites (N-methyl/N-ethyl adjacent to an activating group) is 1. The molecule has 1 atom stereocenters. The summed E-state index contributed by atoms with van der Waals surface area (Å²) in [5.74, 6) is 1.16. The van der Waals surface area contributed by atoms with Crippen LogP contribution in [0.5, 0.6) is 5.88 Å². The van der Waals surface area contributed by atoms with Crippen molar-refractivity contribution in [1.29, 1.82) is 0 Å². The highest BCUT2D eigenvalue weighted by atomic mass is 16.5. The monoisotopic (exact) mass is 319 g/mol. The summed E-state index contributed by atoms with van der Waals surface area (Å²) in [7, 11) is 0. The molecular weight excluding hydrogens is 290 g/mol. The Labute approximate surface area is 139 Å². The lowest BCUT2D eigenvalue weighted by molar-refractivity contribution is 0.267. The van der Waals surface area contributed by atoms with E-state index >= 15 is 0 Å². The summed E-state index contributed by atoms with van der Waals surface area (Å²) in [6.45, 7) is 8.66. The zero-order chi connectivity index (χ0) is 16.5. The fourth-order valence-corrected chi connectivity index (χ4v) is 2.79. The molecule has 2 rings (SSSR count). The largest absolute Gasteiger partial charge is 0.478 e. The van der Waals surface area contributed by atoms with Gasteiger partial charge in [-0.15, -0.1) is 0 Å². The van der Waals surface area contributed by atoms with Crippen LogP contribution in [0, 0.1) is 0 Å². The number of guanidine groups is 1. The summed E-state index contributed by atoms with van der Waals surface area (Å²) in [5, 5.41) is 3.24. The molecule has 128 valence electrons. The van der Waals surface area contributed by atoms with Gasteiger partial charge in [0.2, 0.25) is 5.88 Å². The second-order valence-corrected chi connectivity index (χ2v) is 5.86. The van der Waals surface area contributed by atoms with E-state index in [4.69, 9.17) is 10.5 Å². The molecule has 3 N–H and O–H groups in total. The Morgan fingerprint density at radius 1 is 1.48 bits per heavy atom. The molecule has 0 bridgehead atoms. The van der Waals surface area contributed by atoms with Gasteiger partial charge in [-0.25, -0.2) is 9.98 Å². The smallest absolute Gasteiger partial charge is 0.213 e. The number of aromatic nitrogens is 1. The Morgan fingerprint density at radius 2 is 2.35 bits per heavy atom. The molecule has 2 heterocycles. The van der Waals surface area contributed by atoms with Crippen molar-refractivity contribution >= 4 is 5.96 Å². The van der Waals surface area contributed by atoms with E-state index in [9.17, 15) is 0 Å². The standard InChI is InChI=1S/C17H29N5O/c1-3-10-23-16-8-7-14(11-19-16)12-20-17(18)21-13-15-6-5-9-22(15)4-2/h7-8,11,15H,3-6,9-10,12-13H2,1-2H3,(H3,18,20,21). The topological polar surface area (TPSA) is 75.8 Å². The van der Waals surface area contributed by atoms with Crippen molar-refractivity contribution < 1.29 is 4.74 Å². The number of pyridine rings is 1. The average Bonchev–Trinajstić information content (AvgIpc) is 3.04. The van der Waals surface area contributed by atoms with Crippen molar-refractivity contribution in [3.8, 4) is 5.88 Å². The molecule has 1 aliphatic rings. The van der Waals surface area contributed by atoms with Gasteiger partial charge in [-0.1, -0.05) is 19.9 Å². The van der Waals surface area contributed by atoms with Gasteiger partial charge < -0.3 is 15.8 Å². The Morgan fingerprint density at radius 3 is 3.04 bits per heavy atom. The van der Waals surface area contributed by atoms with Gasteiger partial charge in [0.15, 0.2) is 5.96 Å². The SMILES string of the molecule is CCCOc1ccc(CN=C(N)NCC2CCCN2CC)cn1. The van der Waals surface area contributed by atoms with E-state index in [2.05, 4.69) is 34.0 Å². The molecule has 0 aliphatic carbocycles. The number of likely N-dealkylation sites (tertiary alicyclic amines) is 1. The van der Waals surface area contributed by atoms with Gasteiger partial charge in [0.1, 0.15) is 0 Å². The molecule has 1 aliphatic heterocycles. The number of aliphatic imine (C=N–C) groups is 1. The van der Waals surface area contributed by atoms with E-state index < -0.39 is 0 Å². The average molecular weight is 319 g/mol. The number of ether oxygens (including phenoxy) is 1. The fourth-order valence-electron chi connectivity index (χ4n) is 2.79. The lowest BCUT2D eigenvalue weighted by Crippen LogP contribution is -2.42. The number of nitrogens with two attached hydrogens (primary N) is 1. The van der Waals surface area contributed by atoms with Gasteiger partial charge in [0.05, 0.1) is 13.2 Å². The number of nitrogens with one attached hydrogen (secondary N) is 1. The zero-order valence-electron chi connectivity index (χ0n) is 14.3. The normalized spacial score (nSPS) is 19.0. The van der Waals surface area contributed by atoms with Crippen molar-refractivity contribution in [2.24, 2.45) is 10.7 Å². The van der Waals surface area contributed by atoms with Crippen molar-refractivity contribution in [3.63, 3.8) is 0 Å². The molecule has 6 heteroatoms. The minimum Gasteiger partial charge on any atom is -0.478 e. The van der Waals surface area contributed by atoms with Crippen molar-refractivity contribution in [2.45, 2.75) is 45.7 Å². The molecule has 1 unspecified atom stereocenters. The predicted molar refractivity (Wildman–Crippen MR) is 93.6 cm³/mol. The molecule has 23 heavy (non-hydrogen) atoms. The number of hydrogen-bond donors (Lipinski definition) is 2. The third-order valence-corrected chi connectivity index (χ3v) is 4.11. The zero-order valence-corrected chi connectivity index (χ0v) is 14.3. The number of hydrogen-bond acceptors (Lipinski definition) is 4. The highest BCUT2D eigenvalue weighted by Crippen LogP contribution is 2.15. The number of nitrogens with zero attached hydrogens (tertiary/aromatic N) is 3.